The lowest BCUT2D eigenvalue weighted by Crippen LogP contribution is -2.14. The van der Waals surface area contributed by atoms with E-state index in [4.69, 9.17) is 14.2 Å². The van der Waals surface area contributed by atoms with E-state index >= 15 is 0 Å². The number of anilines is 2. The van der Waals surface area contributed by atoms with Gasteiger partial charge in [0.05, 0.1) is 26.0 Å². The number of rotatable bonds is 6. The predicted octanol–water partition coefficient (Wildman–Crippen LogP) is 4.69. The summed E-state index contributed by atoms with van der Waals surface area (Å²) in [6.45, 7) is 5.50. The van der Waals surface area contributed by atoms with Gasteiger partial charge in [0, 0.05) is 41.2 Å². The molecular weight excluding hydrogens is 394 g/mol. The summed E-state index contributed by atoms with van der Waals surface area (Å²) in [7, 11) is 3.16. The normalized spacial score (nSPS) is 10.4. The molecule has 0 atom stereocenters. The number of aryl methyl sites for hydroxylation is 1. The number of hydrogen-bond acceptors (Lipinski definition) is 7. The number of carbonyl (C=O) groups excluding carboxylic acids is 1. The molecule has 0 radical (unpaired) electrons. The Hall–Kier alpha value is -3.06. The second-order valence-electron chi connectivity index (χ2n) is 6.55. The number of methoxy groups -OCH3 is 2. The van der Waals surface area contributed by atoms with Gasteiger partial charge in [0.1, 0.15) is 17.1 Å². The Morgan fingerprint density at radius 1 is 1.07 bits per heavy atom. The van der Waals surface area contributed by atoms with Crippen LogP contribution in [0.2, 0.25) is 0 Å². The standard InChI is InChI=1S/C21H23N3O4.ClH/c1-12(2)28-21(25)18-11-22-20-17(7-6-13(3)23-20)19(18)24-14-8-15(26-4)10-16(9-14)27-5;/h6-12H,1-5H3,(H,22,23,24);1H. The van der Waals surface area contributed by atoms with E-state index in [1.54, 1.807) is 34.1 Å². The monoisotopic (exact) mass is 417 g/mol. The van der Waals surface area contributed by atoms with Gasteiger partial charge in [-0.2, -0.15) is 0 Å². The lowest BCUT2D eigenvalue weighted by Gasteiger charge is -2.16. The quantitative estimate of drug-likeness (QED) is 0.582. The highest BCUT2D eigenvalue weighted by molar-refractivity contribution is 6.05. The molecule has 0 aliphatic heterocycles. The van der Waals surface area contributed by atoms with Crippen LogP contribution in [-0.2, 0) is 4.74 Å². The van der Waals surface area contributed by atoms with Crippen molar-refractivity contribution in [2.75, 3.05) is 19.5 Å². The Morgan fingerprint density at radius 3 is 2.31 bits per heavy atom. The summed E-state index contributed by atoms with van der Waals surface area (Å²) in [4.78, 5) is 21.4. The Balaban J connectivity index is 0.00000300. The van der Waals surface area contributed by atoms with Crippen molar-refractivity contribution in [2.45, 2.75) is 26.9 Å². The van der Waals surface area contributed by atoms with Crippen molar-refractivity contribution >= 4 is 40.8 Å². The number of carbonyl (C=O) groups is 1. The van der Waals surface area contributed by atoms with Crippen molar-refractivity contribution in [1.29, 1.82) is 0 Å². The van der Waals surface area contributed by atoms with Gasteiger partial charge in [-0.3, -0.25) is 0 Å². The smallest absolute Gasteiger partial charge is 0.342 e. The van der Waals surface area contributed by atoms with E-state index in [2.05, 4.69) is 15.3 Å². The van der Waals surface area contributed by atoms with Crippen LogP contribution >= 0.6 is 12.4 Å². The molecule has 0 spiro atoms. The molecule has 0 amide bonds. The van der Waals surface area contributed by atoms with Crippen molar-refractivity contribution in [3.05, 3.63) is 47.8 Å². The topological polar surface area (TPSA) is 82.6 Å². The Kier molecular flexibility index (Phi) is 7.23. The minimum absolute atomic E-state index is 0. The number of hydrogen-bond donors (Lipinski definition) is 1. The van der Waals surface area contributed by atoms with E-state index in [-0.39, 0.29) is 18.5 Å². The second kappa shape index (κ2) is 9.43. The van der Waals surface area contributed by atoms with Crippen LogP contribution in [0.3, 0.4) is 0 Å². The molecule has 0 bridgehead atoms. The van der Waals surface area contributed by atoms with Crippen LogP contribution in [0.25, 0.3) is 11.0 Å². The van der Waals surface area contributed by atoms with Crippen LogP contribution < -0.4 is 14.8 Å². The number of aromatic nitrogens is 2. The Bertz CT molecular complexity index is 1000. The zero-order valence-electron chi connectivity index (χ0n) is 17.0. The minimum atomic E-state index is -0.456. The summed E-state index contributed by atoms with van der Waals surface area (Å²) < 4.78 is 16.1. The van der Waals surface area contributed by atoms with Gasteiger partial charge < -0.3 is 19.5 Å². The molecule has 8 heteroatoms. The number of esters is 1. The third-order valence-corrected chi connectivity index (χ3v) is 4.05. The third kappa shape index (κ3) is 5.06. The molecule has 7 nitrogen and oxygen atoms in total. The molecule has 0 aliphatic carbocycles. The largest absolute Gasteiger partial charge is 0.497 e. The van der Waals surface area contributed by atoms with Crippen molar-refractivity contribution in [2.24, 2.45) is 0 Å². The van der Waals surface area contributed by atoms with Crippen LogP contribution in [0.5, 0.6) is 11.5 Å². The zero-order valence-corrected chi connectivity index (χ0v) is 17.8. The molecule has 154 valence electrons. The molecule has 0 unspecified atom stereocenters. The summed E-state index contributed by atoms with van der Waals surface area (Å²) in [5.74, 6) is 0.795. The predicted molar refractivity (Wildman–Crippen MR) is 115 cm³/mol. The summed E-state index contributed by atoms with van der Waals surface area (Å²) in [6, 6.07) is 9.16. The van der Waals surface area contributed by atoms with Crippen molar-refractivity contribution in [1.82, 2.24) is 9.97 Å². The van der Waals surface area contributed by atoms with Gasteiger partial charge in [0.2, 0.25) is 0 Å². The zero-order chi connectivity index (χ0) is 20.3. The van der Waals surface area contributed by atoms with Gasteiger partial charge in [0.25, 0.3) is 0 Å². The minimum Gasteiger partial charge on any atom is -0.497 e. The van der Waals surface area contributed by atoms with E-state index < -0.39 is 5.97 Å². The summed E-state index contributed by atoms with van der Waals surface area (Å²) in [6.07, 6.45) is 1.24. The van der Waals surface area contributed by atoms with Crippen molar-refractivity contribution in [3.63, 3.8) is 0 Å². The molecule has 0 saturated carbocycles. The summed E-state index contributed by atoms with van der Waals surface area (Å²) in [5.41, 5.74) is 2.97. The fourth-order valence-electron chi connectivity index (χ4n) is 2.76. The summed E-state index contributed by atoms with van der Waals surface area (Å²) >= 11 is 0. The molecule has 1 N–H and O–H groups in total. The molecular formula is C21H24ClN3O4. The molecule has 3 aromatic rings. The lowest BCUT2D eigenvalue weighted by molar-refractivity contribution is 0.0379. The maximum Gasteiger partial charge on any atom is 0.342 e. The molecule has 0 aliphatic rings. The highest BCUT2D eigenvalue weighted by atomic mass is 35.5. The van der Waals surface area contributed by atoms with Gasteiger partial charge in [-0.15, -0.1) is 12.4 Å². The van der Waals surface area contributed by atoms with E-state index in [0.717, 1.165) is 5.69 Å². The first-order valence-corrected chi connectivity index (χ1v) is 8.88. The lowest BCUT2D eigenvalue weighted by atomic mass is 10.1. The molecule has 3 rings (SSSR count). The van der Waals surface area contributed by atoms with Crippen LogP contribution in [-0.4, -0.2) is 36.3 Å². The number of pyridine rings is 2. The maximum atomic E-state index is 12.7. The Labute approximate surface area is 175 Å². The van der Waals surface area contributed by atoms with Crippen LogP contribution in [0.15, 0.2) is 36.5 Å². The van der Waals surface area contributed by atoms with Crippen molar-refractivity contribution < 1.29 is 19.0 Å². The Morgan fingerprint density at radius 2 is 1.72 bits per heavy atom. The van der Waals surface area contributed by atoms with Crippen LogP contribution in [0, 0.1) is 6.92 Å². The van der Waals surface area contributed by atoms with E-state index in [9.17, 15) is 4.79 Å². The molecule has 29 heavy (non-hydrogen) atoms. The number of benzene rings is 1. The maximum absolute atomic E-state index is 12.7. The molecule has 0 fully saturated rings. The van der Waals surface area contributed by atoms with Crippen LogP contribution in [0.1, 0.15) is 29.9 Å². The SMILES string of the molecule is COc1cc(Nc2c(C(=O)OC(C)C)cnc3nc(C)ccc23)cc(OC)c1.Cl. The van der Waals surface area contributed by atoms with Gasteiger partial charge in [-0.25, -0.2) is 14.8 Å². The van der Waals surface area contributed by atoms with Gasteiger partial charge in [-0.05, 0) is 32.9 Å². The highest BCUT2D eigenvalue weighted by Gasteiger charge is 2.19. The van der Waals surface area contributed by atoms with E-state index in [0.29, 0.717) is 39.5 Å². The molecule has 0 saturated heterocycles. The number of nitrogens with zero attached hydrogens (tertiary/aromatic N) is 2. The second-order valence-corrected chi connectivity index (χ2v) is 6.55. The number of halogens is 1. The average molecular weight is 418 g/mol. The molecule has 2 aromatic heterocycles. The third-order valence-electron chi connectivity index (χ3n) is 4.05. The summed E-state index contributed by atoms with van der Waals surface area (Å²) in [5, 5.41) is 4.01. The first-order valence-electron chi connectivity index (χ1n) is 8.88. The van der Waals surface area contributed by atoms with Crippen LogP contribution in [0.4, 0.5) is 11.4 Å². The van der Waals surface area contributed by atoms with Crippen molar-refractivity contribution in [3.8, 4) is 11.5 Å². The number of nitrogens with one attached hydrogen (secondary N) is 1. The highest BCUT2D eigenvalue weighted by Crippen LogP contribution is 2.33. The number of fused-ring (bicyclic) bond motifs is 1. The van der Waals surface area contributed by atoms with Gasteiger partial charge in [0.15, 0.2) is 5.65 Å². The van der Waals surface area contributed by atoms with E-state index in [1.807, 2.05) is 31.2 Å². The first-order chi connectivity index (χ1) is 13.4. The van der Waals surface area contributed by atoms with Gasteiger partial charge in [-0.1, -0.05) is 0 Å². The van der Waals surface area contributed by atoms with E-state index in [1.165, 1.54) is 6.20 Å². The average Bonchev–Trinajstić information content (AvgIpc) is 2.66. The van der Waals surface area contributed by atoms with Gasteiger partial charge >= 0.3 is 5.97 Å². The fraction of sp³-hybridized carbons (Fsp3) is 0.286. The molecule has 1 aromatic carbocycles. The first kappa shape index (κ1) is 22.2. The fourth-order valence-corrected chi connectivity index (χ4v) is 2.76. The number of ether oxygens (including phenoxy) is 3. The molecule has 2 heterocycles.